The zero-order valence-corrected chi connectivity index (χ0v) is 15.6. The summed E-state index contributed by atoms with van der Waals surface area (Å²) in [5.41, 5.74) is 0. The Kier molecular flexibility index (Phi) is 7.80. The fourth-order valence-corrected chi connectivity index (χ4v) is 4.23. The van der Waals surface area contributed by atoms with Crippen molar-refractivity contribution in [2.45, 2.75) is 57.3 Å². The predicted molar refractivity (Wildman–Crippen MR) is 97.3 cm³/mol. The van der Waals surface area contributed by atoms with E-state index in [1.54, 1.807) is 0 Å². The summed E-state index contributed by atoms with van der Waals surface area (Å²) in [6, 6.07) is 0.767. The average molecular weight is 340 g/mol. The Balaban J connectivity index is 1.35. The van der Waals surface area contributed by atoms with Gasteiger partial charge in [0.1, 0.15) is 0 Å². The Labute approximate surface area is 148 Å². The maximum Gasteiger partial charge on any atom is 0.157 e. The highest BCUT2D eigenvalue weighted by atomic mass is 16.7. The predicted octanol–water partition coefficient (Wildman–Crippen LogP) is 2.02. The van der Waals surface area contributed by atoms with Crippen LogP contribution in [0.4, 0.5) is 0 Å². The van der Waals surface area contributed by atoms with E-state index in [4.69, 9.17) is 9.47 Å². The lowest BCUT2D eigenvalue weighted by Gasteiger charge is -2.39. The zero-order valence-electron chi connectivity index (χ0n) is 15.6. The van der Waals surface area contributed by atoms with Crippen molar-refractivity contribution in [2.24, 2.45) is 0 Å². The number of hydrogen-bond donors (Lipinski definition) is 0. The first-order valence-corrected chi connectivity index (χ1v) is 10.2. The number of likely N-dealkylation sites (tertiary alicyclic amines) is 1. The lowest BCUT2D eigenvalue weighted by atomic mass is 10.1. The molecule has 3 aliphatic rings. The Morgan fingerprint density at radius 1 is 0.958 bits per heavy atom. The summed E-state index contributed by atoms with van der Waals surface area (Å²) in [4.78, 5) is 7.88. The second-order valence-electron chi connectivity index (χ2n) is 7.81. The van der Waals surface area contributed by atoms with Crippen molar-refractivity contribution in [2.75, 3.05) is 66.1 Å². The monoisotopic (exact) mass is 339 g/mol. The van der Waals surface area contributed by atoms with Crippen molar-refractivity contribution in [1.29, 1.82) is 0 Å². The molecule has 2 unspecified atom stereocenters. The molecule has 5 heteroatoms. The summed E-state index contributed by atoms with van der Waals surface area (Å²) in [5, 5.41) is 0. The second-order valence-corrected chi connectivity index (χ2v) is 7.81. The van der Waals surface area contributed by atoms with E-state index in [0.717, 1.165) is 32.1 Å². The molecule has 140 valence electrons. The van der Waals surface area contributed by atoms with Crippen LogP contribution in [0.25, 0.3) is 0 Å². The molecule has 2 atom stereocenters. The minimum Gasteiger partial charge on any atom is -0.353 e. The highest BCUT2D eigenvalue weighted by Gasteiger charge is 2.26. The van der Waals surface area contributed by atoms with Gasteiger partial charge in [0.15, 0.2) is 6.29 Å². The van der Waals surface area contributed by atoms with E-state index < -0.39 is 0 Å². The Morgan fingerprint density at radius 2 is 1.79 bits per heavy atom. The van der Waals surface area contributed by atoms with Crippen LogP contribution in [-0.4, -0.2) is 93.1 Å². The fourth-order valence-electron chi connectivity index (χ4n) is 4.23. The largest absolute Gasteiger partial charge is 0.353 e. The molecule has 0 bridgehead atoms. The summed E-state index contributed by atoms with van der Waals surface area (Å²) in [6.45, 7) is 10.4. The van der Waals surface area contributed by atoms with Crippen molar-refractivity contribution < 1.29 is 9.47 Å². The topological polar surface area (TPSA) is 28.2 Å². The van der Waals surface area contributed by atoms with Crippen LogP contribution in [0, 0.1) is 0 Å². The molecule has 3 rings (SSSR count). The molecule has 0 aromatic carbocycles. The molecule has 0 aromatic heterocycles. The van der Waals surface area contributed by atoms with E-state index >= 15 is 0 Å². The summed E-state index contributed by atoms with van der Waals surface area (Å²) < 4.78 is 11.5. The van der Waals surface area contributed by atoms with Crippen molar-refractivity contribution >= 4 is 0 Å². The minimum atomic E-state index is 0.0703. The van der Waals surface area contributed by atoms with Gasteiger partial charge in [-0.15, -0.1) is 0 Å². The summed E-state index contributed by atoms with van der Waals surface area (Å²) in [6.07, 6.45) is 8.86. The van der Waals surface area contributed by atoms with E-state index in [0.29, 0.717) is 0 Å². The van der Waals surface area contributed by atoms with E-state index in [2.05, 4.69) is 21.7 Å². The van der Waals surface area contributed by atoms with Gasteiger partial charge in [0.25, 0.3) is 0 Å². The molecule has 5 nitrogen and oxygen atoms in total. The van der Waals surface area contributed by atoms with Crippen LogP contribution in [0.3, 0.4) is 0 Å². The highest BCUT2D eigenvalue weighted by molar-refractivity contribution is 4.82. The first-order chi connectivity index (χ1) is 11.8. The second kappa shape index (κ2) is 10.1. The maximum atomic E-state index is 5.90. The Morgan fingerprint density at radius 3 is 2.58 bits per heavy atom. The minimum absolute atomic E-state index is 0.0703. The SMILES string of the molecule is CN1CCN(C2CCCCN(CCCOC3CCCCO3)C2)CC1. The fraction of sp³-hybridized carbons (Fsp3) is 1.00. The quantitative estimate of drug-likeness (QED) is 0.691. The number of nitrogens with zero attached hydrogens (tertiary/aromatic N) is 3. The van der Waals surface area contributed by atoms with Gasteiger partial charge < -0.3 is 19.3 Å². The van der Waals surface area contributed by atoms with E-state index in [-0.39, 0.29) is 6.29 Å². The van der Waals surface area contributed by atoms with Crippen LogP contribution < -0.4 is 0 Å². The van der Waals surface area contributed by atoms with Gasteiger partial charge in [0.05, 0.1) is 6.61 Å². The third kappa shape index (κ3) is 5.95. The number of ether oxygens (including phenoxy) is 2. The van der Waals surface area contributed by atoms with Crippen LogP contribution in [0.1, 0.15) is 44.9 Å². The molecule has 0 saturated carbocycles. The molecule has 0 aliphatic carbocycles. The molecule has 0 aromatic rings. The maximum absolute atomic E-state index is 5.90. The first-order valence-electron chi connectivity index (χ1n) is 10.2. The van der Waals surface area contributed by atoms with Gasteiger partial charge in [-0.25, -0.2) is 0 Å². The molecular weight excluding hydrogens is 302 g/mol. The third-order valence-corrected chi connectivity index (χ3v) is 5.85. The normalized spacial score (nSPS) is 31.9. The first kappa shape index (κ1) is 18.6. The van der Waals surface area contributed by atoms with Gasteiger partial charge in [0.2, 0.25) is 0 Å². The molecule has 3 heterocycles. The molecular formula is C19H37N3O2. The summed E-state index contributed by atoms with van der Waals surface area (Å²) in [5.74, 6) is 0. The lowest BCUT2D eigenvalue weighted by molar-refractivity contribution is -0.163. The molecule has 24 heavy (non-hydrogen) atoms. The van der Waals surface area contributed by atoms with Gasteiger partial charge in [-0.1, -0.05) is 6.42 Å². The van der Waals surface area contributed by atoms with Gasteiger partial charge in [-0.05, 0) is 52.1 Å². The number of piperazine rings is 1. The van der Waals surface area contributed by atoms with Crippen molar-refractivity contribution in [1.82, 2.24) is 14.7 Å². The van der Waals surface area contributed by atoms with Crippen LogP contribution in [-0.2, 0) is 9.47 Å². The standard InChI is InChI=1S/C19H37N3O2/c1-20-11-13-22(14-12-20)18-7-2-4-9-21(17-18)10-6-16-24-19-8-3-5-15-23-19/h18-19H,2-17H2,1H3. The van der Waals surface area contributed by atoms with Crippen LogP contribution in [0.5, 0.6) is 0 Å². The Bertz CT molecular complexity index is 342. The smallest absolute Gasteiger partial charge is 0.157 e. The van der Waals surface area contributed by atoms with Crippen molar-refractivity contribution in [3.8, 4) is 0 Å². The molecule has 0 spiro atoms. The molecule has 0 radical (unpaired) electrons. The molecule has 3 fully saturated rings. The molecule has 3 aliphatic heterocycles. The summed E-state index contributed by atoms with van der Waals surface area (Å²) in [7, 11) is 2.24. The van der Waals surface area contributed by atoms with E-state index in [1.807, 2.05) is 0 Å². The lowest BCUT2D eigenvalue weighted by Crippen LogP contribution is -2.52. The number of rotatable bonds is 6. The van der Waals surface area contributed by atoms with Crippen molar-refractivity contribution in [3.05, 3.63) is 0 Å². The van der Waals surface area contributed by atoms with E-state index in [9.17, 15) is 0 Å². The molecule has 3 saturated heterocycles. The summed E-state index contributed by atoms with van der Waals surface area (Å²) >= 11 is 0. The van der Waals surface area contributed by atoms with Gasteiger partial charge in [0, 0.05) is 51.9 Å². The van der Waals surface area contributed by atoms with Gasteiger partial charge in [-0.2, -0.15) is 0 Å². The highest BCUT2D eigenvalue weighted by Crippen LogP contribution is 2.18. The number of likely N-dealkylation sites (N-methyl/N-ethyl adjacent to an activating group) is 1. The van der Waals surface area contributed by atoms with Gasteiger partial charge >= 0.3 is 0 Å². The third-order valence-electron chi connectivity index (χ3n) is 5.85. The van der Waals surface area contributed by atoms with Crippen LogP contribution >= 0.6 is 0 Å². The average Bonchev–Trinajstić information content (AvgIpc) is 2.86. The number of hydrogen-bond acceptors (Lipinski definition) is 5. The van der Waals surface area contributed by atoms with Crippen LogP contribution in [0.15, 0.2) is 0 Å². The van der Waals surface area contributed by atoms with Crippen molar-refractivity contribution in [3.63, 3.8) is 0 Å². The Hall–Kier alpha value is -0.200. The van der Waals surface area contributed by atoms with Gasteiger partial charge in [-0.3, -0.25) is 4.90 Å². The zero-order chi connectivity index (χ0) is 16.6. The molecule has 0 N–H and O–H groups in total. The van der Waals surface area contributed by atoms with Crippen LogP contribution in [0.2, 0.25) is 0 Å². The van der Waals surface area contributed by atoms with E-state index in [1.165, 1.54) is 77.9 Å². The molecule has 0 amide bonds.